The van der Waals surface area contributed by atoms with Gasteiger partial charge in [0.2, 0.25) is 0 Å². The van der Waals surface area contributed by atoms with Gasteiger partial charge in [0, 0.05) is 16.6 Å². The van der Waals surface area contributed by atoms with E-state index < -0.39 is 12.0 Å². The summed E-state index contributed by atoms with van der Waals surface area (Å²) in [6.07, 6.45) is -0.292. The van der Waals surface area contributed by atoms with Crippen LogP contribution in [0.5, 0.6) is 11.5 Å². The zero-order chi connectivity index (χ0) is 12.3. The lowest BCUT2D eigenvalue weighted by molar-refractivity contribution is -0.137. The van der Waals surface area contributed by atoms with Crippen LogP contribution in [0, 0.1) is 0 Å². The van der Waals surface area contributed by atoms with Gasteiger partial charge in [0.25, 0.3) is 0 Å². The summed E-state index contributed by atoms with van der Waals surface area (Å²) >= 11 is 5.89. The van der Waals surface area contributed by atoms with Crippen molar-refractivity contribution < 1.29 is 19.7 Å². The highest BCUT2D eigenvalue weighted by molar-refractivity contribution is 6.31. The minimum absolute atomic E-state index is 0.112. The summed E-state index contributed by atoms with van der Waals surface area (Å²) in [6.45, 7) is 0. The molecule has 88 valence electrons. The van der Waals surface area contributed by atoms with Crippen molar-refractivity contribution in [2.45, 2.75) is 12.5 Å². The molecule has 5 nitrogen and oxygen atoms in total. The molecule has 6 heteroatoms. The second-order valence-electron chi connectivity index (χ2n) is 3.22. The Balaban J connectivity index is 3.19. The van der Waals surface area contributed by atoms with Crippen LogP contribution in [0.25, 0.3) is 0 Å². The van der Waals surface area contributed by atoms with Crippen molar-refractivity contribution in [2.24, 2.45) is 5.73 Å². The molecule has 0 aliphatic rings. The van der Waals surface area contributed by atoms with E-state index >= 15 is 0 Å². The number of benzene rings is 1. The lowest BCUT2D eigenvalue weighted by atomic mass is 10.0. The van der Waals surface area contributed by atoms with Gasteiger partial charge in [-0.3, -0.25) is 4.79 Å². The predicted molar refractivity (Wildman–Crippen MR) is 58.9 cm³/mol. The summed E-state index contributed by atoms with van der Waals surface area (Å²) in [4.78, 5) is 10.6. The number of carboxylic acid groups (broad SMARTS) is 1. The van der Waals surface area contributed by atoms with Crippen molar-refractivity contribution in [2.75, 3.05) is 7.11 Å². The molecular weight excluding hydrogens is 234 g/mol. The van der Waals surface area contributed by atoms with Crippen LogP contribution in [0.1, 0.15) is 18.0 Å². The first kappa shape index (κ1) is 12.6. The third-order valence-electron chi connectivity index (χ3n) is 2.09. The molecule has 1 unspecified atom stereocenters. The fourth-order valence-corrected chi connectivity index (χ4v) is 1.70. The largest absolute Gasteiger partial charge is 0.504 e. The zero-order valence-corrected chi connectivity index (χ0v) is 9.36. The summed E-state index contributed by atoms with van der Waals surface area (Å²) in [7, 11) is 1.35. The summed E-state index contributed by atoms with van der Waals surface area (Å²) in [5.74, 6) is -1.06. The van der Waals surface area contributed by atoms with Crippen LogP contribution in [0.2, 0.25) is 5.02 Å². The molecule has 0 aromatic heterocycles. The number of hydrogen-bond donors (Lipinski definition) is 3. The third kappa shape index (κ3) is 2.56. The molecule has 1 aromatic carbocycles. The zero-order valence-electron chi connectivity index (χ0n) is 8.61. The first-order chi connectivity index (χ1) is 7.47. The van der Waals surface area contributed by atoms with Crippen molar-refractivity contribution in [1.82, 2.24) is 0 Å². The summed E-state index contributed by atoms with van der Waals surface area (Å²) in [6, 6.07) is 1.97. The molecule has 0 radical (unpaired) electrons. The van der Waals surface area contributed by atoms with Gasteiger partial charge < -0.3 is 20.7 Å². The van der Waals surface area contributed by atoms with Gasteiger partial charge in [0.1, 0.15) is 0 Å². The number of ether oxygens (including phenoxy) is 1. The molecule has 0 fully saturated rings. The van der Waals surface area contributed by atoms with E-state index in [0.29, 0.717) is 5.56 Å². The van der Waals surface area contributed by atoms with E-state index in [4.69, 9.17) is 27.2 Å². The fourth-order valence-electron chi connectivity index (χ4n) is 1.41. The van der Waals surface area contributed by atoms with Crippen molar-refractivity contribution in [3.8, 4) is 11.5 Å². The molecule has 4 N–H and O–H groups in total. The average Bonchev–Trinajstić information content (AvgIpc) is 2.19. The maximum absolute atomic E-state index is 10.6. The SMILES string of the molecule is COc1c(O)ccc(Cl)c1C(N)CC(=O)O. The van der Waals surface area contributed by atoms with Gasteiger partial charge in [-0.1, -0.05) is 11.6 Å². The molecular formula is C10H12ClNO4. The number of methoxy groups -OCH3 is 1. The van der Waals surface area contributed by atoms with Gasteiger partial charge in [-0.25, -0.2) is 0 Å². The van der Waals surface area contributed by atoms with Gasteiger partial charge >= 0.3 is 5.97 Å². The van der Waals surface area contributed by atoms with Crippen molar-refractivity contribution >= 4 is 17.6 Å². The molecule has 0 saturated heterocycles. The highest BCUT2D eigenvalue weighted by Gasteiger charge is 2.21. The molecule has 0 heterocycles. The van der Waals surface area contributed by atoms with Crippen LogP contribution >= 0.6 is 11.6 Å². The second kappa shape index (κ2) is 5.05. The molecule has 1 aromatic rings. The van der Waals surface area contributed by atoms with Crippen LogP contribution in [0.3, 0.4) is 0 Å². The van der Waals surface area contributed by atoms with Gasteiger partial charge in [-0.05, 0) is 12.1 Å². The molecule has 16 heavy (non-hydrogen) atoms. The summed E-state index contributed by atoms with van der Waals surface area (Å²) < 4.78 is 4.95. The quantitative estimate of drug-likeness (QED) is 0.748. The van der Waals surface area contributed by atoms with Crippen molar-refractivity contribution in [3.05, 3.63) is 22.7 Å². The minimum Gasteiger partial charge on any atom is -0.504 e. The molecule has 1 atom stereocenters. The topological polar surface area (TPSA) is 92.8 Å². The van der Waals surface area contributed by atoms with Gasteiger partial charge in [0.15, 0.2) is 11.5 Å². The van der Waals surface area contributed by atoms with E-state index in [2.05, 4.69) is 0 Å². The molecule has 0 bridgehead atoms. The molecule has 0 aliphatic carbocycles. The molecule has 0 amide bonds. The average molecular weight is 246 g/mol. The molecule has 0 saturated carbocycles. The van der Waals surface area contributed by atoms with E-state index in [1.807, 2.05) is 0 Å². The van der Waals surface area contributed by atoms with Gasteiger partial charge in [0.05, 0.1) is 13.5 Å². The Bertz CT molecular complexity index is 408. The Hall–Kier alpha value is -1.46. The van der Waals surface area contributed by atoms with E-state index in [1.165, 1.54) is 19.2 Å². The van der Waals surface area contributed by atoms with Crippen LogP contribution in [-0.4, -0.2) is 23.3 Å². The Kier molecular flexibility index (Phi) is 3.98. The summed E-state index contributed by atoms with van der Waals surface area (Å²) in [5, 5.41) is 18.4. The predicted octanol–water partition coefficient (Wildman–Crippen LogP) is 1.53. The Morgan fingerprint density at radius 3 is 2.75 bits per heavy atom. The maximum atomic E-state index is 10.6. The fraction of sp³-hybridized carbons (Fsp3) is 0.300. The number of aliphatic carboxylic acids is 1. The number of phenols is 1. The third-order valence-corrected chi connectivity index (χ3v) is 2.42. The number of rotatable bonds is 4. The van der Waals surface area contributed by atoms with E-state index in [0.717, 1.165) is 0 Å². The molecule has 1 rings (SSSR count). The highest BCUT2D eigenvalue weighted by atomic mass is 35.5. The van der Waals surface area contributed by atoms with Gasteiger partial charge in [-0.15, -0.1) is 0 Å². The lowest BCUT2D eigenvalue weighted by Gasteiger charge is -2.16. The highest BCUT2D eigenvalue weighted by Crippen LogP contribution is 2.39. The second-order valence-corrected chi connectivity index (χ2v) is 3.62. The normalized spacial score (nSPS) is 12.2. The first-order valence-corrected chi connectivity index (χ1v) is 4.88. The van der Waals surface area contributed by atoms with Crippen LogP contribution in [0.4, 0.5) is 0 Å². The number of carbonyl (C=O) groups is 1. The van der Waals surface area contributed by atoms with Crippen LogP contribution in [0.15, 0.2) is 12.1 Å². The Morgan fingerprint density at radius 1 is 1.62 bits per heavy atom. The number of phenolic OH excluding ortho intramolecular Hbond substituents is 1. The van der Waals surface area contributed by atoms with Crippen molar-refractivity contribution in [1.29, 1.82) is 0 Å². The Morgan fingerprint density at radius 2 is 2.25 bits per heavy atom. The minimum atomic E-state index is -1.05. The van der Waals surface area contributed by atoms with E-state index in [1.54, 1.807) is 0 Å². The Labute approximate surface area is 97.4 Å². The standard InChI is InChI=1S/C10H12ClNO4/c1-16-10-7(13)3-2-5(11)9(10)6(12)4-8(14)15/h2-3,6,13H,4,12H2,1H3,(H,14,15). The maximum Gasteiger partial charge on any atom is 0.305 e. The van der Waals surface area contributed by atoms with E-state index in [9.17, 15) is 9.90 Å². The lowest BCUT2D eigenvalue weighted by Crippen LogP contribution is -2.16. The number of hydrogen-bond acceptors (Lipinski definition) is 4. The van der Waals surface area contributed by atoms with Crippen molar-refractivity contribution in [3.63, 3.8) is 0 Å². The smallest absolute Gasteiger partial charge is 0.305 e. The molecule has 0 spiro atoms. The van der Waals surface area contributed by atoms with Crippen LogP contribution in [-0.2, 0) is 4.79 Å². The first-order valence-electron chi connectivity index (χ1n) is 4.50. The number of carboxylic acids is 1. The molecule has 0 aliphatic heterocycles. The monoisotopic (exact) mass is 245 g/mol. The number of aromatic hydroxyl groups is 1. The van der Waals surface area contributed by atoms with Crippen LogP contribution < -0.4 is 10.5 Å². The number of halogens is 1. The number of nitrogens with two attached hydrogens (primary N) is 1. The van der Waals surface area contributed by atoms with Gasteiger partial charge in [-0.2, -0.15) is 0 Å². The van der Waals surface area contributed by atoms with E-state index in [-0.39, 0.29) is 22.9 Å². The summed E-state index contributed by atoms with van der Waals surface area (Å²) in [5.41, 5.74) is 5.98.